The largest absolute Gasteiger partial charge is 0.469 e. The first-order valence-corrected chi connectivity index (χ1v) is 4.98. The lowest BCUT2D eigenvalue weighted by atomic mass is 10.1. The fourth-order valence-corrected chi connectivity index (χ4v) is 1.14. The molecule has 0 radical (unpaired) electrons. The molecule has 0 spiro atoms. The molecule has 0 heterocycles. The third-order valence-electron chi connectivity index (χ3n) is 1.94. The molecule has 0 saturated heterocycles. The molecular formula is C11H18O3. The van der Waals surface area contributed by atoms with Gasteiger partial charge in [0.2, 0.25) is 0 Å². The van der Waals surface area contributed by atoms with E-state index in [0.29, 0.717) is 6.42 Å². The first kappa shape index (κ1) is 12.9. The summed E-state index contributed by atoms with van der Waals surface area (Å²) in [6.07, 6.45) is 9.75. The van der Waals surface area contributed by atoms with Crippen LogP contribution in [0, 0.1) is 0 Å². The van der Waals surface area contributed by atoms with Gasteiger partial charge in [-0.3, -0.25) is 9.59 Å². The van der Waals surface area contributed by atoms with Gasteiger partial charge in [-0.1, -0.05) is 18.9 Å². The molecule has 0 aliphatic rings. The van der Waals surface area contributed by atoms with E-state index >= 15 is 0 Å². The third kappa shape index (κ3) is 8.97. The molecule has 0 aromatic heterocycles. The van der Waals surface area contributed by atoms with Gasteiger partial charge in [0, 0.05) is 6.42 Å². The molecule has 0 aliphatic carbocycles. The second-order valence-electron chi connectivity index (χ2n) is 3.09. The fourth-order valence-electron chi connectivity index (χ4n) is 1.14. The number of hydrogen-bond donors (Lipinski definition) is 0. The molecule has 0 aromatic carbocycles. The summed E-state index contributed by atoms with van der Waals surface area (Å²) in [5.41, 5.74) is 0. The Labute approximate surface area is 85.1 Å². The maximum atomic E-state index is 10.7. The molecule has 0 atom stereocenters. The van der Waals surface area contributed by atoms with Crippen LogP contribution < -0.4 is 0 Å². The summed E-state index contributed by atoms with van der Waals surface area (Å²) in [6.45, 7) is 0. The predicted molar refractivity (Wildman–Crippen MR) is 54.9 cm³/mol. The molecule has 0 aromatic rings. The minimum atomic E-state index is -0.133. The monoisotopic (exact) mass is 198 g/mol. The summed E-state index contributed by atoms with van der Waals surface area (Å²) >= 11 is 0. The number of carbonyl (C=O) groups is 2. The van der Waals surface area contributed by atoms with Crippen molar-refractivity contribution in [1.29, 1.82) is 0 Å². The standard InChI is InChI=1S/C11H18O3/c1-14-11(13)9-7-5-3-2-4-6-8-10-12/h6,8,10H,2-5,7,9H2,1H3/b8-6+. The Bertz CT molecular complexity index is 185. The summed E-state index contributed by atoms with van der Waals surface area (Å²) in [5, 5.41) is 0. The number of ether oxygens (including phenoxy) is 1. The summed E-state index contributed by atoms with van der Waals surface area (Å²) in [4.78, 5) is 20.6. The van der Waals surface area contributed by atoms with Crippen molar-refractivity contribution >= 4 is 12.3 Å². The Hall–Kier alpha value is -1.12. The fraction of sp³-hybridized carbons (Fsp3) is 0.636. The van der Waals surface area contributed by atoms with Crippen LogP contribution >= 0.6 is 0 Å². The molecule has 80 valence electrons. The molecule has 0 aliphatic heterocycles. The average molecular weight is 198 g/mol. The Morgan fingerprint density at radius 3 is 2.57 bits per heavy atom. The molecule has 0 N–H and O–H groups in total. The molecule has 14 heavy (non-hydrogen) atoms. The van der Waals surface area contributed by atoms with Gasteiger partial charge in [-0.15, -0.1) is 0 Å². The highest BCUT2D eigenvalue weighted by atomic mass is 16.5. The number of unbranched alkanes of at least 4 members (excludes halogenated alkanes) is 4. The summed E-state index contributed by atoms with van der Waals surface area (Å²) in [7, 11) is 1.41. The van der Waals surface area contributed by atoms with Crippen LogP contribution in [0.4, 0.5) is 0 Å². The number of hydrogen-bond acceptors (Lipinski definition) is 3. The van der Waals surface area contributed by atoms with Crippen LogP contribution in [-0.4, -0.2) is 19.4 Å². The van der Waals surface area contributed by atoms with E-state index in [1.165, 1.54) is 13.2 Å². The van der Waals surface area contributed by atoms with E-state index in [2.05, 4.69) is 4.74 Å². The van der Waals surface area contributed by atoms with E-state index < -0.39 is 0 Å². The highest BCUT2D eigenvalue weighted by Crippen LogP contribution is 2.06. The number of carbonyl (C=O) groups excluding carboxylic acids is 2. The van der Waals surface area contributed by atoms with Gasteiger partial charge < -0.3 is 4.74 Å². The van der Waals surface area contributed by atoms with Gasteiger partial charge in [-0.25, -0.2) is 0 Å². The van der Waals surface area contributed by atoms with Crippen molar-refractivity contribution in [2.24, 2.45) is 0 Å². The van der Waals surface area contributed by atoms with Crippen LogP contribution in [0.3, 0.4) is 0 Å². The second-order valence-corrected chi connectivity index (χ2v) is 3.09. The van der Waals surface area contributed by atoms with Crippen molar-refractivity contribution < 1.29 is 14.3 Å². The van der Waals surface area contributed by atoms with Crippen molar-refractivity contribution in [3.63, 3.8) is 0 Å². The van der Waals surface area contributed by atoms with Crippen LogP contribution in [0.25, 0.3) is 0 Å². The van der Waals surface area contributed by atoms with E-state index in [4.69, 9.17) is 0 Å². The number of esters is 1. The van der Waals surface area contributed by atoms with Crippen LogP contribution in [0.2, 0.25) is 0 Å². The van der Waals surface area contributed by atoms with Crippen LogP contribution in [0.15, 0.2) is 12.2 Å². The molecule has 3 nitrogen and oxygen atoms in total. The van der Waals surface area contributed by atoms with E-state index in [-0.39, 0.29) is 5.97 Å². The van der Waals surface area contributed by atoms with Gasteiger partial charge >= 0.3 is 5.97 Å². The molecule has 0 fully saturated rings. The number of rotatable bonds is 8. The first-order chi connectivity index (χ1) is 6.81. The van der Waals surface area contributed by atoms with E-state index in [1.54, 1.807) is 0 Å². The minimum absolute atomic E-state index is 0.133. The first-order valence-electron chi connectivity index (χ1n) is 4.98. The van der Waals surface area contributed by atoms with Crippen molar-refractivity contribution in [3.8, 4) is 0 Å². The summed E-state index contributed by atoms with van der Waals surface area (Å²) < 4.78 is 4.52. The topological polar surface area (TPSA) is 43.4 Å². The second kappa shape index (κ2) is 9.96. The summed E-state index contributed by atoms with van der Waals surface area (Å²) in [6, 6.07) is 0. The van der Waals surface area contributed by atoms with Crippen LogP contribution in [-0.2, 0) is 14.3 Å². The Morgan fingerprint density at radius 2 is 1.93 bits per heavy atom. The zero-order valence-electron chi connectivity index (χ0n) is 8.70. The van der Waals surface area contributed by atoms with Crippen molar-refractivity contribution in [1.82, 2.24) is 0 Å². The predicted octanol–water partition coefficient (Wildman–Crippen LogP) is 2.26. The lowest BCUT2D eigenvalue weighted by Crippen LogP contribution is -1.98. The number of aldehydes is 1. The lowest BCUT2D eigenvalue weighted by Gasteiger charge is -1.98. The highest BCUT2D eigenvalue weighted by Gasteiger charge is 1.98. The van der Waals surface area contributed by atoms with Gasteiger partial charge in [-0.2, -0.15) is 0 Å². The van der Waals surface area contributed by atoms with Crippen molar-refractivity contribution in [3.05, 3.63) is 12.2 Å². The summed E-state index contributed by atoms with van der Waals surface area (Å²) in [5.74, 6) is -0.133. The molecular weight excluding hydrogens is 180 g/mol. The highest BCUT2D eigenvalue weighted by molar-refractivity contribution is 5.68. The van der Waals surface area contributed by atoms with E-state index in [1.807, 2.05) is 6.08 Å². The van der Waals surface area contributed by atoms with Crippen molar-refractivity contribution in [2.45, 2.75) is 38.5 Å². The van der Waals surface area contributed by atoms with Gasteiger partial charge in [0.05, 0.1) is 7.11 Å². The Balaban J connectivity index is 3.10. The quantitative estimate of drug-likeness (QED) is 0.260. The maximum Gasteiger partial charge on any atom is 0.305 e. The van der Waals surface area contributed by atoms with Gasteiger partial charge in [-0.05, 0) is 25.3 Å². The van der Waals surface area contributed by atoms with E-state index in [9.17, 15) is 9.59 Å². The van der Waals surface area contributed by atoms with Gasteiger partial charge in [0.1, 0.15) is 6.29 Å². The minimum Gasteiger partial charge on any atom is -0.469 e. The molecule has 0 unspecified atom stereocenters. The van der Waals surface area contributed by atoms with Gasteiger partial charge in [0.15, 0.2) is 0 Å². The SMILES string of the molecule is COC(=O)CCCCCC/C=C/C=O. The lowest BCUT2D eigenvalue weighted by molar-refractivity contribution is -0.140. The Kier molecular flexibility index (Phi) is 9.17. The molecule has 0 saturated carbocycles. The zero-order valence-corrected chi connectivity index (χ0v) is 8.70. The number of methoxy groups -OCH3 is 1. The van der Waals surface area contributed by atoms with Crippen LogP contribution in [0.5, 0.6) is 0 Å². The Morgan fingerprint density at radius 1 is 1.21 bits per heavy atom. The third-order valence-corrected chi connectivity index (χ3v) is 1.94. The maximum absolute atomic E-state index is 10.7. The smallest absolute Gasteiger partial charge is 0.305 e. The molecule has 3 heteroatoms. The van der Waals surface area contributed by atoms with Crippen LogP contribution in [0.1, 0.15) is 38.5 Å². The molecule has 0 amide bonds. The van der Waals surface area contributed by atoms with E-state index in [0.717, 1.165) is 38.4 Å². The molecule has 0 rings (SSSR count). The van der Waals surface area contributed by atoms with Crippen molar-refractivity contribution in [2.75, 3.05) is 7.11 Å². The normalized spacial score (nSPS) is 10.4. The molecule has 0 bridgehead atoms. The average Bonchev–Trinajstić information content (AvgIpc) is 2.21. The van der Waals surface area contributed by atoms with Gasteiger partial charge in [0.25, 0.3) is 0 Å². The zero-order chi connectivity index (χ0) is 10.6. The number of allylic oxidation sites excluding steroid dienone is 2.